The van der Waals surface area contributed by atoms with Crippen molar-refractivity contribution >= 4 is 0 Å². The standard InChI is InChI=1S/C12H14FN3/c1-2-11(14)12-7-15-8-16(12)10-5-3-9(13)4-6-10/h3-8,11H,2,14H2,1H3/t11-/m1/s1. The van der Waals surface area contributed by atoms with Gasteiger partial charge in [-0.1, -0.05) is 6.92 Å². The van der Waals surface area contributed by atoms with Crippen molar-refractivity contribution in [3.05, 3.63) is 48.3 Å². The molecule has 0 fully saturated rings. The van der Waals surface area contributed by atoms with Crippen molar-refractivity contribution in [1.82, 2.24) is 9.55 Å². The van der Waals surface area contributed by atoms with Gasteiger partial charge in [-0.25, -0.2) is 9.37 Å². The normalized spacial score (nSPS) is 12.7. The van der Waals surface area contributed by atoms with Gasteiger partial charge in [0.1, 0.15) is 5.82 Å². The van der Waals surface area contributed by atoms with Crippen molar-refractivity contribution in [2.24, 2.45) is 5.73 Å². The number of rotatable bonds is 3. The molecule has 84 valence electrons. The predicted octanol–water partition coefficient (Wildman–Crippen LogP) is 2.42. The Morgan fingerprint density at radius 3 is 2.69 bits per heavy atom. The highest BCUT2D eigenvalue weighted by atomic mass is 19.1. The van der Waals surface area contributed by atoms with E-state index in [1.165, 1.54) is 12.1 Å². The molecule has 1 aromatic heterocycles. The van der Waals surface area contributed by atoms with E-state index in [0.29, 0.717) is 0 Å². The van der Waals surface area contributed by atoms with Crippen molar-refractivity contribution < 1.29 is 4.39 Å². The molecule has 1 heterocycles. The summed E-state index contributed by atoms with van der Waals surface area (Å²) in [4.78, 5) is 4.08. The number of nitrogens with two attached hydrogens (primary N) is 1. The third-order valence-corrected chi connectivity index (χ3v) is 2.59. The van der Waals surface area contributed by atoms with E-state index in [2.05, 4.69) is 4.98 Å². The molecule has 0 aliphatic heterocycles. The number of imidazole rings is 1. The molecule has 2 N–H and O–H groups in total. The maximum atomic E-state index is 12.8. The molecule has 1 atom stereocenters. The van der Waals surface area contributed by atoms with E-state index < -0.39 is 0 Å². The van der Waals surface area contributed by atoms with Crippen LogP contribution in [0.15, 0.2) is 36.8 Å². The quantitative estimate of drug-likeness (QED) is 0.861. The summed E-state index contributed by atoms with van der Waals surface area (Å²) in [6.07, 6.45) is 4.28. The van der Waals surface area contributed by atoms with Gasteiger partial charge in [-0.3, -0.25) is 0 Å². The highest BCUT2D eigenvalue weighted by molar-refractivity contribution is 5.34. The second kappa shape index (κ2) is 4.45. The summed E-state index contributed by atoms with van der Waals surface area (Å²) in [6.45, 7) is 2.02. The van der Waals surface area contributed by atoms with Gasteiger partial charge in [0.15, 0.2) is 0 Å². The van der Waals surface area contributed by atoms with Crippen LogP contribution in [0, 0.1) is 5.82 Å². The van der Waals surface area contributed by atoms with E-state index in [1.54, 1.807) is 24.7 Å². The number of nitrogens with zero attached hydrogens (tertiary/aromatic N) is 2. The first-order valence-electron chi connectivity index (χ1n) is 5.26. The number of aromatic nitrogens is 2. The molecule has 0 aliphatic rings. The fourth-order valence-electron chi connectivity index (χ4n) is 1.61. The molecule has 0 saturated heterocycles. The van der Waals surface area contributed by atoms with Crippen LogP contribution < -0.4 is 5.73 Å². The lowest BCUT2D eigenvalue weighted by Crippen LogP contribution is -2.13. The molecule has 4 heteroatoms. The summed E-state index contributed by atoms with van der Waals surface area (Å²) in [5.74, 6) is -0.245. The number of halogens is 1. The molecule has 2 aromatic rings. The molecule has 0 bridgehead atoms. The van der Waals surface area contributed by atoms with Gasteiger partial charge in [0.2, 0.25) is 0 Å². The lowest BCUT2D eigenvalue weighted by molar-refractivity contribution is 0.626. The molecule has 16 heavy (non-hydrogen) atoms. The van der Waals surface area contributed by atoms with Crippen molar-refractivity contribution in [2.75, 3.05) is 0 Å². The van der Waals surface area contributed by atoms with E-state index in [-0.39, 0.29) is 11.9 Å². The van der Waals surface area contributed by atoms with Gasteiger partial charge in [0, 0.05) is 11.7 Å². The molecular formula is C12H14FN3. The molecule has 0 amide bonds. The van der Waals surface area contributed by atoms with Gasteiger partial charge < -0.3 is 10.3 Å². The average Bonchev–Trinajstić information content (AvgIpc) is 2.78. The average molecular weight is 219 g/mol. The Morgan fingerprint density at radius 1 is 1.38 bits per heavy atom. The summed E-state index contributed by atoms with van der Waals surface area (Å²) in [7, 11) is 0. The first-order chi connectivity index (χ1) is 7.72. The second-order valence-electron chi connectivity index (χ2n) is 3.68. The smallest absolute Gasteiger partial charge is 0.123 e. The van der Waals surface area contributed by atoms with Crippen LogP contribution in [-0.4, -0.2) is 9.55 Å². The SMILES string of the molecule is CC[C@@H](N)c1cncn1-c1ccc(F)cc1. The summed E-state index contributed by atoms with van der Waals surface area (Å²) < 4.78 is 14.7. The van der Waals surface area contributed by atoms with Crippen molar-refractivity contribution in [1.29, 1.82) is 0 Å². The van der Waals surface area contributed by atoms with Crippen LogP contribution in [-0.2, 0) is 0 Å². The van der Waals surface area contributed by atoms with Gasteiger partial charge in [-0.05, 0) is 30.7 Å². The summed E-state index contributed by atoms with van der Waals surface area (Å²) in [5.41, 5.74) is 7.78. The van der Waals surface area contributed by atoms with Crippen LogP contribution >= 0.6 is 0 Å². The van der Waals surface area contributed by atoms with Crippen LogP contribution in [0.4, 0.5) is 4.39 Å². The van der Waals surface area contributed by atoms with Crippen LogP contribution in [0.25, 0.3) is 5.69 Å². The van der Waals surface area contributed by atoms with Crippen molar-refractivity contribution in [2.45, 2.75) is 19.4 Å². The highest BCUT2D eigenvalue weighted by Gasteiger charge is 2.10. The molecule has 1 aromatic carbocycles. The molecule has 0 radical (unpaired) electrons. The maximum Gasteiger partial charge on any atom is 0.123 e. The third kappa shape index (κ3) is 1.97. The van der Waals surface area contributed by atoms with Gasteiger partial charge in [0.25, 0.3) is 0 Å². The molecule has 0 spiro atoms. The lowest BCUT2D eigenvalue weighted by Gasteiger charge is -2.12. The molecule has 0 saturated carbocycles. The first-order valence-corrected chi connectivity index (χ1v) is 5.26. The summed E-state index contributed by atoms with van der Waals surface area (Å²) in [5, 5.41) is 0. The van der Waals surface area contributed by atoms with Gasteiger partial charge >= 0.3 is 0 Å². The summed E-state index contributed by atoms with van der Waals surface area (Å²) >= 11 is 0. The third-order valence-electron chi connectivity index (χ3n) is 2.59. The topological polar surface area (TPSA) is 43.8 Å². The van der Waals surface area contributed by atoms with E-state index in [0.717, 1.165) is 17.8 Å². The largest absolute Gasteiger partial charge is 0.323 e. The summed E-state index contributed by atoms with van der Waals surface area (Å²) in [6, 6.07) is 6.23. The zero-order chi connectivity index (χ0) is 11.5. The van der Waals surface area contributed by atoms with E-state index >= 15 is 0 Å². The Labute approximate surface area is 93.7 Å². The predicted molar refractivity (Wildman–Crippen MR) is 60.7 cm³/mol. The molecule has 3 nitrogen and oxygen atoms in total. The minimum atomic E-state index is -0.245. The highest BCUT2D eigenvalue weighted by Crippen LogP contribution is 2.18. The van der Waals surface area contributed by atoms with Gasteiger partial charge in [0.05, 0.1) is 18.2 Å². The fraction of sp³-hybridized carbons (Fsp3) is 0.250. The molecule has 0 aliphatic carbocycles. The van der Waals surface area contributed by atoms with Crippen LogP contribution in [0.1, 0.15) is 25.1 Å². The van der Waals surface area contributed by atoms with E-state index in [1.807, 2.05) is 11.5 Å². The van der Waals surface area contributed by atoms with Crippen molar-refractivity contribution in [3.8, 4) is 5.69 Å². The zero-order valence-corrected chi connectivity index (χ0v) is 9.10. The Bertz CT molecular complexity index is 461. The first kappa shape index (κ1) is 10.8. The van der Waals surface area contributed by atoms with Gasteiger partial charge in [-0.2, -0.15) is 0 Å². The Kier molecular flexibility index (Phi) is 3.01. The van der Waals surface area contributed by atoms with Crippen LogP contribution in [0.3, 0.4) is 0 Å². The number of benzene rings is 1. The number of hydrogen-bond acceptors (Lipinski definition) is 2. The second-order valence-corrected chi connectivity index (χ2v) is 3.68. The molecular weight excluding hydrogens is 205 g/mol. The minimum absolute atomic E-state index is 0.0486. The molecule has 2 rings (SSSR count). The maximum absolute atomic E-state index is 12.8. The fourth-order valence-corrected chi connectivity index (χ4v) is 1.61. The number of hydrogen-bond donors (Lipinski definition) is 1. The van der Waals surface area contributed by atoms with Crippen LogP contribution in [0.5, 0.6) is 0 Å². The Balaban J connectivity index is 2.40. The van der Waals surface area contributed by atoms with Gasteiger partial charge in [-0.15, -0.1) is 0 Å². The van der Waals surface area contributed by atoms with E-state index in [4.69, 9.17) is 5.73 Å². The Hall–Kier alpha value is -1.68. The monoisotopic (exact) mass is 219 g/mol. The zero-order valence-electron chi connectivity index (χ0n) is 9.10. The minimum Gasteiger partial charge on any atom is -0.323 e. The van der Waals surface area contributed by atoms with E-state index in [9.17, 15) is 4.39 Å². The van der Waals surface area contributed by atoms with Crippen molar-refractivity contribution in [3.63, 3.8) is 0 Å². The lowest BCUT2D eigenvalue weighted by atomic mass is 10.2. The van der Waals surface area contributed by atoms with Crippen LogP contribution in [0.2, 0.25) is 0 Å². The molecule has 0 unspecified atom stereocenters. The Morgan fingerprint density at radius 2 is 2.06 bits per heavy atom.